The van der Waals surface area contributed by atoms with Crippen molar-refractivity contribution in [3.8, 4) is 11.5 Å². The lowest BCUT2D eigenvalue weighted by Gasteiger charge is -2.10. The lowest BCUT2D eigenvalue weighted by atomic mass is 10.1. The van der Waals surface area contributed by atoms with E-state index >= 15 is 0 Å². The molecule has 3 rings (SSSR count). The van der Waals surface area contributed by atoms with E-state index < -0.39 is 0 Å². The predicted octanol–water partition coefficient (Wildman–Crippen LogP) is 4.72. The highest BCUT2D eigenvalue weighted by molar-refractivity contribution is 5.83. The first-order valence-corrected chi connectivity index (χ1v) is 9.80. The summed E-state index contributed by atoms with van der Waals surface area (Å²) in [6, 6.07) is 21.6. The van der Waals surface area contributed by atoms with Crippen LogP contribution >= 0.6 is 0 Å². The molecule has 5 heteroatoms. The number of amides is 1. The molecule has 1 N–H and O–H groups in total. The second-order valence-corrected chi connectivity index (χ2v) is 7.15. The van der Waals surface area contributed by atoms with E-state index in [0.717, 1.165) is 33.8 Å². The Hall–Kier alpha value is -3.60. The number of rotatable bonds is 8. The van der Waals surface area contributed by atoms with Crippen LogP contribution in [0, 0.1) is 20.8 Å². The number of benzene rings is 3. The van der Waals surface area contributed by atoms with Crippen molar-refractivity contribution in [1.82, 2.24) is 5.43 Å². The number of ether oxygens (including phenoxy) is 2. The first kappa shape index (κ1) is 21.1. The molecular formula is C25H26N2O3. The molecule has 3 aromatic rings. The fraction of sp³-hybridized carbons (Fsp3) is 0.200. The Kier molecular flexibility index (Phi) is 7.22. The number of aryl methyl sites for hydroxylation is 3. The molecule has 0 spiro atoms. The largest absolute Gasteiger partial charge is 0.489 e. The Morgan fingerprint density at radius 1 is 0.933 bits per heavy atom. The monoisotopic (exact) mass is 402 g/mol. The van der Waals surface area contributed by atoms with E-state index in [-0.39, 0.29) is 12.5 Å². The zero-order valence-corrected chi connectivity index (χ0v) is 17.5. The Bertz CT molecular complexity index is 1010. The number of carbonyl (C=O) groups is 1. The molecule has 0 saturated carbocycles. The summed E-state index contributed by atoms with van der Waals surface area (Å²) in [4.78, 5) is 12.0. The third-order valence-corrected chi connectivity index (χ3v) is 4.53. The Morgan fingerprint density at radius 3 is 2.33 bits per heavy atom. The van der Waals surface area contributed by atoms with Crippen LogP contribution in [-0.2, 0) is 11.4 Å². The van der Waals surface area contributed by atoms with Gasteiger partial charge in [0.2, 0.25) is 0 Å². The van der Waals surface area contributed by atoms with Crippen molar-refractivity contribution in [3.63, 3.8) is 0 Å². The molecule has 5 nitrogen and oxygen atoms in total. The van der Waals surface area contributed by atoms with E-state index in [0.29, 0.717) is 6.61 Å². The Labute approximate surface area is 177 Å². The van der Waals surface area contributed by atoms with Crippen LogP contribution in [0.4, 0.5) is 0 Å². The topological polar surface area (TPSA) is 59.9 Å². The van der Waals surface area contributed by atoms with E-state index in [1.807, 2.05) is 68.4 Å². The minimum absolute atomic E-state index is 0.0885. The van der Waals surface area contributed by atoms with Crippen molar-refractivity contribution in [2.45, 2.75) is 27.4 Å². The van der Waals surface area contributed by atoms with E-state index in [2.05, 4.69) is 29.6 Å². The van der Waals surface area contributed by atoms with Gasteiger partial charge in [-0.15, -0.1) is 0 Å². The van der Waals surface area contributed by atoms with Gasteiger partial charge in [0.25, 0.3) is 5.91 Å². The molecule has 30 heavy (non-hydrogen) atoms. The predicted molar refractivity (Wildman–Crippen MR) is 119 cm³/mol. The molecule has 0 radical (unpaired) electrons. The molecule has 0 aliphatic heterocycles. The van der Waals surface area contributed by atoms with Gasteiger partial charge in [-0.05, 0) is 67.3 Å². The number of hydrazone groups is 1. The molecule has 0 unspecified atom stereocenters. The van der Waals surface area contributed by atoms with Crippen LogP contribution in [-0.4, -0.2) is 18.7 Å². The number of carbonyl (C=O) groups excluding carboxylic acids is 1. The van der Waals surface area contributed by atoms with Crippen LogP contribution in [0.3, 0.4) is 0 Å². The summed E-state index contributed by atoms with van der Waals surface area (Å²) in [7, 11) is 0. The summed E-state index contributed by atoms with van der Waals surface area (Å²) in [5, 5.41) is 3.99. The zero-order chi connectivity index (χ0) is 21.3. The number of nitrogens with zero attached hydrogens (tertiary/aromatic N) is 1. The van der Waals surface area contributed by atoms with Gasteiger partial charge in [-0.1, -0.05) is 48.0 Å². The van der Waals surface area contributed by atoms with Gasteiger partial charge < -0.3 is 9.47 Å². The molecule has 0 aliphatic carbocycles. The standard InChI is InChI=1S/C25H26N2O3/c1-18-6-4-9-22(14-18)16-29-23-12-10-21(11-13-23)15-26-27-24(28)17-30-25-19(2)7-5-8-20(25)3/h4-15H,16-17H2,1-3H3,(H,27,28)/b26-15-. The van der Waals surface area contributed by atoms with Crippen LogP contribution in [0.2, 0.25) is 0 Å². The van der Waals surface area contributed by atoms with Crippen LogP contribution < -0.4 is 14.9 Å². The van der Waals surface area contributed by atoms with Crippen molar-refractivity contribution < 1.29 is 14.3 Å². The quantitative estimate of drug-likeness (QED) is 0.438. The van der Waals surface area contributed by atoms with Gasteiger partial charge in [0.15, 0.2) is 6.61 Å². The highest BCUT2D eigenvalue weighted by Gasteiger charge is 2.06. The summed E-state index contributed by atoms with van der Waals surface area (Å²) < 4.78 is 11.4. The van der Waals surface area contributed by atoms with E-state index in [1.165, 1.54) is 5.56 Å². The molecule has 0 bridgehead atoms. The normalized spacial score (nSPS) is 10.8. The smallest absolute Gasteiger partial charge is 0.277 e. The summed E-state index contributed by atoms with van der Waals surface area (Å²) in [6.07, 6.45) is 1.58. The van der Waals surface area contributed by atoms with Crippen LogP contribution in [0.5, 0.6) is 11.5 Å². The lowest BCUT2D eigenvalue weighted by Crippen LogP contribution is -2.25. The van der Waals surface area contributed by atoms with Crippen LogP contribution in [0.15, 0.2) is 71.8 Å². The molecule has 0 aliphatic rings. The molecule has 0 heterocycles. The minimum Gasteiger partial charge on any atom is -0.489 e. The maximum Gasteiger partial charge on any atom is 0.277 e. The average molecular weight is 402 g/mol. The van der Waals surface area contributed by atoms with Gasteiger partial charge in [0.05, 0.1) is 6.21 Å². The molecule has 0 saturated heterocycles. The second kappa shape index (κ2) is 10.3. The molecule has 154 valence electrons. The second-order valence-electron chi connectivity index (χ2n) is 7.15. The van der Waals surface area contributed by atoms with Gasteiger partial charge in [0.1, 0.15) is 18.1 Å². The highest BCUT2D eigenvalue weighted by Crippen LogP contribution is 2.22. The van der Waals surface area contributed by atoms with Gasteiger partial charge in [-0.2, -0.15) is 5.10 Å². The van der Waals surface area contributed by atoms with Crippen molar-refractivity contribution >= 4 is 12.1 Å². The first-order valence-electron chi connectivity index (χ1n) is 9.80. The first-order chi connectivity index (χ1) is 14.5. The molecular weight excluding hydrogens is 376 g/mol. The van der Waals surface area contributed by atoms with E-state index in [1.54, 1.807) is 6.21 Å². The summed E-state index contributed by atoms with van der Waals surface area (Å²) in [5.41, 5.74) is 7.67. The number of hydrogen-bond donors (Lipinski definition) is 1. The summed E-state index contributed by atoms with van der Waals surface area (Å²) in [5.74, 6) is 1.20. The van der Waals surface area contributed by atoms with E-state index in [4.69, 9.17) is 9.47 Å². The number of nitrogens with one attached hydrogen (secondary N) is 1. The molecule has 0 atom stereocenters. The van der Waals surface area contributed by atoms with Gasteiger partial charge in [-0.3, -0.25) is 4.79 Å². The Morgan fingerprint density at radius 2 is 1.63 bits per heavy atom. The van der Waals surface area contributed by atoms with Crippen molar-refractivity contribution in [2.24, 2.45) is 5.10 Å². The Balaban J connectivity index is 1.45. The van der Waals surface area contributed by atoms with Crippen LogP contribution in [0.1, 0.15) is 27.8 Å². The van der Waals surface area contributed by atoms with Crippen molar-refractivity contribution in [2.75, 3.05) is 6.61 Å². The highest BCUT2D eigenvalue weighted by atomic mass is 16.5. The number of para-hydroxylation sites is 1. The zero-order valence-electron chi connectivity index (χ0n) is 17.5. The maximum atomic E-state index is 12.0. The molecule has 0 aromatic heterocycles. The summed E-state index contributed by atoms with van der Waals surface area (Å²) in [6.45, 7) is 6.39. The SMILES string of the molecule is Cc1cccc(COc2ccc(/C=N\NC(=O)COc3c(C)cccc3C)cc2)c1. The maximum absolute atomic E-state index is 12.0. The van der Waals surface area contributed by atoms with Crippen LogP contribution in [0.25, 0.3) is 0 Å². The molecule has 1 amide bonds. The number of hydrogen-bond acceptors (Lipinski definition) is 4. The van der Waals surface area contributed by atoms with Gasteiger partial charge in [0, 0.05) is 0 Å². The lowest BCUT2D eigenvalue weighted by molar-refractivity contribution is -0.123. The fourth-order valence-corrected chi connectivity index (χ4v) is 2.99. The van der Waals surface area contributed by atoms with Gasteiger partial charge >= 0.3 is 0 Å². The minimum atomic E-state index is -0.313. The fourth-order valence-electron chi connectivity index (χ4n) is 2.99. The van der Waals surface area contributed by atoms with Gasteiger partial charge in [-0.25, -0.2) is 5.43 Å². The van der Waals surface area contributed by atoms with Crippen molar-refractivity contribution in [3.05, 3.63) is 94.5 Å². The molecule has 3 aromatic carbocycles. The average Bonchev–Trinajstić information content (AvgIpc) is 2.73. The third-order valence-electron chi connectivity index (χ3n) is 4.53. The third kappa shape index (κ3) is 6.21. The summed E-state index contributed by atoms with van der Waals surface area (Å²) >= 11 is 0. The van der Waals surface area contributed by atoms with Crippen molar-refractivity contribution in [1.29, 1.82) is 0 Å². The van der Waals surface area contributed by atoms with E-state index in [9.17, 15) is 4.79 Å². The molecule has 0 fully saturated rings.